The molecular weight excluding hydrogens is 322 g/mol. The van der Waals surface area contributed by atoms with Gasteiger partial charge in [-0.1, -0.05) is 18.2 Å². The predicted octanol–water partition coefficient (Wildman–Crippen LogP) is 2.22. The van der Waals surface area contributed by atoms with Gasteiger partial charge in [0.1, 0.15) is 12.4 Å². The molecule has 2 heterocycles. The van der Waals surface area contributed by atoms with E-state index in [2.05, 4.69) is 9.88 Å². The number of carbonyl (C=O) groups is 1. The number of carbonyl (C=O) groups excluding carboxylic acids is 1. The number of thiazole rings is 1. The lowest BCUT2D eigenvalue weighted by Gasteiger charge is -2.34. The lowest BCUT2D eigenvalue weighted by molar-refractivity contribution is -0.132. The van der Waals surface area contributed by atoms with Crippen molar-refractivity contribution in [2.24, 2.45) is 0 Å². The van der Waals surface area contributed by atoms with Gasteiger partial charge < -0.3 is 9.64 Å². The van der Waals surface area contributed by atoms with E-state index in [1.54, 1.807) is 11.3 Å². The van der Waals surface area contributed by atoms with Gasteiger partial charge >= 0.3 is 0 Å². The number of hydrogen-bond donors (Lipinski definition) is 0. The van der Waals surface area contributed by atoms with Gasteiger partial charge in [0.05, 0.1) is 17.1 Å². The summed E-state index contributed by atoms with van der Waals surface area (Å²) in [6.07, 6.45) is 0.418. The molecule has 128 valence electrons. The fraction of sp³-hybridized carbons (Fsp3) is 0.444. The molecule has 0 radical (unpaired) electrons. The van der Waals surface area contributed by atoms with Crippen molar-refractivity contribution in [1.29, 1.82) is 0 Å². The third-order valence-electron chi connectivity index (χ3n) is 4.14. The van der Waals surface area contributed by atoms with Gasteiger partial charge in [0.25, 0.3) is 0 Å². The summed E-state index contributed by atoms with van der Waals surface area (Å²) in [7, 11) is 0. The van der Waals surface area contributed by atoms with Crippen LogP contribution in [0.2, 0.25) is 0 Å². The fourth-order valence-electron chi connectivity index (χ4n) is 2.79. The first kappa shape index (κ1) is 16.9. The molecular formula is C18H23N3O2S. The second kappa shape index (κ2) is 8.26. The van der Waals surface area contributed by atoms with Crippen molar-refractivity contribution in [3.05, 3.63) is 46.4 Å². The summed E-state index contributed by atoms with van der Waals surface area (Å²) < 4.78 is 5.74. The summed E-state index contributed by atoms with van der Waals surface area (Å²) in [5.74, 6) is 1.09. The van der Waals surface area contributed by atoms with Crippen molar-refractivity contribution < 1.29 is 9.53 Å². The highest BCUT2D eigenvalue weighted by atomic mass is 32.1. The molecule has 0 spiro atoms. The minimum Gasteiger partial charge on any atom is -0.492 e. The molecule has 0 aliphatic carbocycles. The average Bonchev–Trinajstić information content (AvgIpc) is 3.01. The van der Waals surface area contributed by atoms with E-state index in [0.29, 0.717) is 13.0 Å². The zero-order valence-electron chi connectivity index (χ0n) is 14.0. The first-order valence-electron chi connectivity index (χ1n) is 8.30. The molecule has 6 heteroatoms. The Labute approximate surface area is 146 Å². The van der Waals surface area contributed by atoms with E-state index in [0.717, 1.165) is 49.2 Å². The van der Waals surface area contributed by atoms with E-state index in [1.165, 1.54) is 0 Å². The van der Waals surface area contributed by atoms with Crippen molar-refractivity contribution >= 4 is 17.2 Å². The van der Waals surface area contributed by atoms with Gasteiger partial charge in [0.2, 0.25) is 5.91 Å². The minimum absolute atomic E-state index is 0.181. The summed E-state index contributed by atoms with van der Waals surface area (Å²) in [6.45, 7) is 6.91. The number of hydrogen-bond acceptors (Lipinski definition) is 5. The molecule has 1 aromatic heterocycles. The van der Waals surface area contributed by atoms with E-state index >= 15 is 0 Å². The number of amides is 1. The standard InChI is InChI=1S/C18H23N3O2S/c1-15-19-16(14-24-15)13-18(22)21-9-7-20(8-10-21)11-12-23-17-5-3-2-4-6-17/h2-6,14H,7-13H2,1H3. The van der Waals surface area contributed by atoms with Gasteiger partial charge in [-0.15, -0.1) is 11.3 Å². The minimum atomic E-state index is 0.181. The lowest BCUT2D eigenvalue weighted by Crippen LogP contribution is -2.50. The fourth-order valence-corrected chi connectivity index (χ4v) is 3.40. The zero-order valence-corrected chi connectivity index (χ0v) is 14.8. The van der Waals surface area contributed by atoms with Crippen LogP contribution in [0.15, 0.2) is 35.7 Å². The Morgan fingerprint density at radius 2 is 1.96 bits per heavy atom. The maximum absolute atomic E-state index is 12.3. The van der Waals surface area contributed by atoms with Crippen LogP contribution < -0.4 is 4.74 Å². The molecule has 1 fully saturated rings. The molecule has 0 atom stereocenters. The highest BCUT2D eigenvalue weighted by Crippen LogP contribution is 2.11. The number of ether oxygens (including phenoxy) is 1. The van der Waals surface area contributed by atoms with Gasteiger partial charge in [-0.05, 0) is 19.1 Å². The molecule has 0 bridgehead atoms. The first-order valence-corrected chi connectivity index (χ1v) is 9.17. The van der Waals surface area contributed by atoms with E-state index in [1.807, 2.05) is 47.5 Å². The number of para-hydroxylation sites is 1. The summed E-state index contributed by atoms with van der Waals surface area (Å²) in [6, 6.07) is 9.87. The van der Waals surface area contributed by atoms with Gasteiger partial charge in [-0.25, -0.2) is 4.98 Å². The molecule has 0 unspecified atom stereocenters. The summed E-state index contributed by atoms with van der Waals surface area (Å²) in [4.78, 5) is 21.0. The van der Waals surface area contributed by atoms with Crippen molar-refractivity contribution in [3.63, 3.8) is 0 Å². The van der Waals surface area contributed by atoms with Crippen molar-refractivity contribution in [3.8, 4) is 5.75 Å². The number of piperazine rings is 1. The molecule has 1 aliphatic heterocycles. The van der Waals surface area contributed by atoms with Crippen LogP contribution in [0, 0.1) is 6.92 Å². The van der Waals surface area contributed by atoms with Crippen LogP contribution in [-0.2, 0) is 11.2 Å². The Morgan fingerprint density at radius 3 is 2.62 bits per heavy atom. The van der Waals surface area contributed by atoms with Crippen molar-refractivity contribution in [2.45, 2.75) is 13.3 Å². The van der Waals surface area contributed by atoms with Crippen LogP contribution in [0.4, 0.5) is 0 Å². The van der Waals surface area contributed by atoms with Crippen LogP contribution in [0.1, 0.15) is 10.7 Å². The Hall–Kier alpha value is -1.92. The molecule has 1 aromatic carbocycles. The summed E-state index contributed by atoms with van der Waals surface area (Å²) in [5, 5.41) is 2.99. The predicted molar refractivity (Wildman–Crippen MR) is 95.5 cm³/mol. The normalized spacial score (nSPS) is 15.5. The highest BCUT2D eigenvalue weighted by Gasteiger charge is 2.21. The van der Waals surface area contributed by atoms with Gasteiger partial charge in [0.15, 0.2) is 0 Å². The quantitative estimate of drug-likeness (QED) is 0.805. The SMILES string of the molecule is Cc1nc(CC(=O)N2CCN(CCOc3ccccc3)CC2)cs1. The lowest BCUT2D eigenvalue weighted by atomic mass is 10.2. The number of nitrogens with zero attached hydrogens (tertiary/aromatic N) is 3. The first-order chi connectivity index (χ1) is 11.7. The van der Waals surface area contributed by atoms with Gasteiger partial charge in [-0.2, -0.15) is 0 Å². The Kier molecular flexibility index (Phi) is 5.82. The smallest absolute Gasteiger partial charge is 0.228 e. The third-order valence-corrected chi connectivity index (χ3v) is 4.97. The van der Waals surface area contributed by atoms with Crippen LogP contribution in [0.3, 0.4) is 0 Å². The zero-order chi connectivity index (χ0) is 16.8. The maximum atomic E-state index is 12.3. The molecule has 1 saturated heterocycles. The molecule has 24 heavy (non-hydrogen) atoms. The van der Waals surface area contributed by atoms with E-state index < -0.39 is 0 Å². The van der Waals surface area contributed by atoms with Crippen LogP contribution in [0.25, 0.3) is 0 Å². The number of benzene rings is 1. The van der Waals surface area contributed by atoms with Gasteiger partial charge in [-0.3, -0.25) is 9.69 Å². The second-order valence-electron chi connectivity index (χ2n) is 5.92. The van der Waals surface area contributed by atoms with Crippen molar-refractivity contribution in [1.82, 2.24) is 14.8 Å². The second-order valence-corrected chi connectivity index (χ2v) is 6.98. The monoisotopic (exact) mass is 345 g/mol. The number of aromatic nitrogens is 1. The Morgan fingerprint density at radius 1 is 1.21 bits per heavy atom. The summed E-state index contributed by atoms with van der Waals surface area (Å²) >= 11 is 1.60. The Balaban J connectivity index is 1.37. The molecule has 0 saturated carbocycles. The van der Waals surface area contributed by atoms with Crippen LogP contribution in [-0.4, -0.2) is 60.0 Å². The molecule has 5 nitrogen and oxygen atoms in total. The molecule has 0 N–H and O–H groups in total. The van der Waals surface area contributed by atoms with E-state index in [-0.39, 0.29) is 5.91 Å². The van der Waals surface area contributed by atoms with Crippen molar-refractivity contribution in [2.75, 3.05) is 39.3 Å². The molecule has 1 amide bonds. The highest BCUT2D eigenvalue weighted by molar-refractivity contribution is 7.09. The van der Waals surface area contributed by atoms with Gasteiger partial charge in [0, 0.05) is 38.1 Å². The summed E-state index contributed by atoms with van der Waals surface area (Å²) in [5.41, 5.74) is 0.890. The van der Waals surface area contributed by atoms with Crippen LogP contribution >= 0.6 is 11.3 Å². The third kappa shape index (κ3) is 4.79. The average molecular weight is 345 g/mol. The van der Waals surface area contributed by atoms with E-state index in [4.69, 9.17) is 4.74 Å². The topological polar surface area (TPSA) is 45.7 Å². The number of aryl methyl sites for hydroxylation is 1. The maximum Gasteiger partial charge on any atom is 0.228 e. The van der Waals surface area contributed by atoms with Crippen LogP contribution in [0.5, 0.6) is 5.75 Å². The largest absolute Gasteiger partial charge is 0.492 e. The number of rotatable bonds is 6. The van der Waals surface area contributed by atoms with E-state index in [9.17, 15) is 4.79 Å². The molecule has 1 aliphatic rings. The molecule has 2 aromatic rings. The molecule has 3 rings (SSSR count). The Bertz CT molecular complexity index is 651.